The van der Waals surface area contributed by atoms with Crippen molar-refractivity contribution >= 4 is 22.6 Å². The van der Waals surface area contributed by atoms with E-state index >= 15 is 0 Å². The van der Waals surface area contributed by atoms with E-state index in [9.17, 15) is 4.79 Å². The lowest BCUT2D eigenvalue weighted by atomic mass is 10.1. The zero-order valence-corrected chi connectivity index (χ0v) is 7.34. The number of fused-ring (bicyclic) bond motifs is 1. The van der Waals surface area contributed by atoms with Crippen LogP contribution < -0.4 is 5.32 Å². The topological polar surface area (TPSA) is 51.4 Å². The fourth-order valence-electron chi connectivity index (χ4n) is 1.41. The van der Waals surface area contributed by atoms with Gasteiger partial charge in [0.05, 0.1) is 5.69 Å². The first-order chi connectivity index (χ1) is 6.77. The lowest BCUT2D eigenvalue weighted by Gasteiger charge is -2.02. The average molecular weight is 186 g/mol. The quantitative estimate of drug-likeness (QED) is 0.744. The van der Waals surface area contributed by atoms with Gasteiger partial charge in [-0.3, -0.25) is 0 Å². The van der Waals surface area contributed by atoms with Gasteiger partial charge in [0.15, 0.2) is 0 Å². The van der Waals surface area contributed by atoms with Crippen molar-refractivity contribution in [3.63, 3.8) is 0 Å². The van der Waals surface area contributed by atoms with Crippen LogP contribution in [0.3, 0.4) is 0 Å². The van der Waals surface area contributed by atoms with Gasteiger partial charge in [0.25, 0.3) is 0 Å². The molecule has 0 spiro atoms. The third-order valence-electron chi connectivity index (χ3n) is 1.98. The summed E-state index contributed by atoms with van der Waals surface area (Å²) in [4.78, 5) is 10.4. The van der Waals surface area contributed by atoms with E-state index in [2.05, 4.69) is 5.32 Å². The smallest absolute Gasteiger partial charge is 0.431 e. The molecule has 2 aromatic rings. The van der Waals surface area contributed by atoms with E-state index in [1.54, 1.807) is 12.1 Å². The van der Waals surface area contributed by atoms with Crippen molar-refractivity contribution in [1.82, 2.24) is 5.32 Å². The van der Waals surface area contributed by atoms with E-state index in [-0.39, 0.29) is 0 Å². The molecule has 1 radical (unpaired) electrons. The van der Waals surface area contributed by atoms with E-state index in [4.69, 9.17) is 5.11 Å². The number of rotatable bonds is 1. The molecule has 69 valence electrons. The van der Waals surface area contributed by atoms with E-state index < -0.39 is 6.09 Å². The molecule has 0 heterocycles. The Morgan fingerprint density at radius 1 is 1.07 bits per heavy atom. The highest BCUT2D eigenvalue weighted by molar-refractivity contribution is 5.94. The first-order valence-corrected chi connectivity index (χ1v) is 4.20. The zero-order valence-electron chi connectivity index (χ0n) is 7.34. The van der Waals surface area contributed by atoms with Gasteiger partial charge in [-0.25, -0.2) is 4.79 Å². The number of benzene rings is 2. The third-order valence-corrected chi connectivity index (χ3v) is 1.98. The van der Waals surface area contributed by atoms with Gasteiger partial charge >= 0.3 is 6.09 Å². The summed E-state index contributed by atoms with van der Waals surface area (Å²) < 4.78 is 0. The van der Waals surface area contributed by atoms with Crippen LogP contribution in [0, 0.1) is 0 Å². The van der Waals surface area contributed by atoms with Crippen molar-refractivity contribution in [2.24, 2.45) is 0 Å². The maximum Gasteiger partial charge on any atom is 0.431 e. The molecule has 0 aliphatic heterocycles. The minimum atomic E-state index is -1.17. The first-order valence-electron chi connectivity index (χ1n) is 4.20. The van der Waals surface area contributed by atoms with E-state index in [0.717, 1.165) is 10.8 Å². The Kier molecular flexibility index (Phi) is 2.07. The van der Waals surface area contributed by atoms with E-state index in [1.165, 1.54) is 0 Å². The second-order valence-electron chi connectivity index (χ2n) is 2.89. The molecule has 0 aliphatic rings. The molecule has 0 bridgehead atoms. The van der Waals surface area contributed by atoms with E-state index in [1.807, 2.05) is 30.3 Å². The van der Waals surface area contributed by atoms with Gasteiger partial charge in [0.1, 0.15) is 0 Å². The van der Waals surface area contributed by atoms with Crippen LogP contribution >= 0.6 is 0 Å². The molecule has 0 saturated heterocycles. The lowest BCUT2D eigenvalue weighted by molar-refractivity contribution is 0.198. The zero-order chi connectivity index (χ0) is 9.97. The van der Waals surface area contributed by atoms with Crippen LogP contribution in [0.1, 0.15) is 0 Å². The monoisotopic (exact) mass is 186 g/mol. The van der Waals surface area contributed by atoms with Gasteiger partial charge in [0, 0.05) is 5.39 Å². The molecule has 2 rings (SSSR count). The number of carbonyl (C=O) groups is 1. The van der Waals surface area contributed by atoms with Crippen molar-refractivity contribution in [3.8, 4) is 0 Å². The maximum absolute atomic E-state index is 10.4. The summed E-state index contributed by atoms with van der Waals surface area (Å²) in [6.07, 6.45) is -1.17. The highest BCUT2D eigenvalue weighted by Gasteiger charge is 2.04. The summed E-state index contributed by atoms with van der Waals surface area (Å²) in [7, 11) is 0. The molecule has 0 unspecified atom stereocenters. The van der Waals surface area contributed by atoms with Crippen LogP contribution in [0.15, 0.2) is 42.5 Å². The van der Waals surface area contributed by atoms with Crippen molar-refractivity contribution in [2.45, 2.75) is 0 Å². The molecule has 1 amide bonds. The SMILES string of the molecule is O=C(O)[N]c1cccc2ccccc12. The molecule has 0 atom stereocenters. The number of carboxylic acid groups (broad SMARTS) is 1. The summed E-state index contributed by atoms with van der Waals surface area (Å²) >= 11 is 0. The summed E-state index contributed by atoms with van der Waals surface area (Å²) in [5.74, 6) is 0. The van der Waals surface area contributed by atoms with Crippen LogP contribution in [-0.2, 0) is 0 Å². The number of hydrogen-bond donors (Lipinski definition) is 1. The van der Waals surface area contributed by atoms with Crippen molar-refractivity contribution < 1.29 is 9.90 Å². The summed E-state index contributed by atoms with van der Waals surface area (Å²) in [5.41, 5.74) is 0.496. The van der Waals surface area contributed by atoms with Gasteiger partial charge in [-0.05, 0) is 11.5 Å². The summed E-state index contributed by atoms with van der Waals surface area (Å²) in [6, 6.07) is 13.0. The molecule has 0 aliphatic carbocycles. The molecule has 0 aromatic heterocycles. The highest BCUT2D eigenvalue weighted by atomic mass is 16.4. The molecule has 14 heavy (non-hydrogen) atoms. The van der Waals surface area contributed by atoms with Crippen LogP contribution in [0.5, 0.6) is 0 Å². The van der Waals surface area contributed by atoms with Crippen LogP contribution in [0.2, 0.25) is 0 Å². The molecular weight excluding hydrogens is 178 g/mol. The third kappa shape index (κ3) is 1.52. The molecule has 1 N–H and O–H groups in total. The van der Waals surface area contributed by atoms with Crippen LogP contribution in [-0.4, -0.2) is 11.2 Å². The maximum atomic E-state index is 10.4. The van der Waals surface area contributed by atoms with Crippen molar-refractivity contribution in [2.75, 3.05) is 0 Å². The largest absolute Gasteiger partial charge is 0.463 e. The fraction of sp³-hybridized carbons (Fsp3) is 0. The molecule has 2 aromatic carbocycles. The minimum Gasteiger partial charge on any atom is -0.463 e. The second kappa shape index (κ2) is 3.38. The average Bonchev–Trinajstić information content (AvgIpc) is 2.18. The van der Waals surface area contributed by atoms with Gasteiger partial charge in [0.2, 0.25) is 0 Å². The molecular formula is C11H8NO2. The van der Waals surface area contributed by atoms with Gasteiger partial charge < -0.3 is 5.11 Å². The highest BCUT2D eigenvalue weighted by Crippen LogP contribution is 2.22. The predicted molar refractivity (Wildman–Crippen MR) is 53.8 cm³/mol. The Labute approximate surface area is 81.0 Å². The van der Waals surface area contributed by atoms with Crippen molar-refractivity contribution in [3.05, 3.63) is 42.5 Å². The Bertz CT molecular complexity index is 474. The Morgan fingerprint density at radius 3 is 2.57 bits per heavy atom. The van der Waals surface area contributed by atoms with E-state index in [0.29, 0.717) is 5.69 Å². The molecule has 0 saturated carbocycles. The van der Waals surface area contributed by atoms with Gasteiger partial charge in [-0.2, -0.15) is 5.32 Å². The Morgan fingerprint density at radius 2 is 1.79 bits per heavy atom. The lowest BCUT2D eigenvalue weighted by Crippen LogP contribution is -2.05. The van der Waals surface area contributed by atoms with Gasteiger partial charge in [-0.1, -0.05) is 36.4 Å². The summed E-state index contributed by atoms with van der Waals surface area (Å²) in [5, 5.41) is 13.9. The first kappa shape index (κ1) is 8.56. The molecule has 0 fully saturated rings. The normalized spacial score (nSPS) is 10.0. The van der Waals surface area contributed by atoms with Crippen LogP contribution in [0.4, 0.5) is 10.5 Å². The fourth-order valence-corrected chi connectivity index (χ4v) is 1.41. The van der Waals surface area contributed by atoms with Crippen LogP contribution in [0.25, 0.3) is 10.8 Å². The summed E-state index contributed by atoms with van der Waals surface area (Å²) in [6.45, 7) is 0. The number of hydrogen-bond acceptors (Lipinski definition) is 1. The predicted octanol–water partition coefficient (Wildman–Crippen LogP) is 2.75. The Hall–Kier alpha value is -2.03. The molecule has 3 heteroatoms. The Balaban J connectivity index is 2.59. The minimum absolute atomic E-state index is 0.496. The number of nitrogens with zero attached hydrogens (tertiary/aromatic N) is 1. The second-order valence-corrected chi connectivity index (χ2v) is 2.89. The van der Waals surface area contributed by atoms with Crippen molar-refractivity contribution in [1.29, 1.82) is 0 Å². The molecule has 3 nitrogen and oxygen atoms in total. The van der Waals surface area contributed by atoms with Gasteiger partial charge in [-0.15, -0.1) is 0 Å². The standard InChI is InChI=1S/C11H8NO2/c13-11(14)12-10-7-3-5-8-4-1-2-6-9(8)10/h1-7H,(H,13,14). The number of amides is 1.